The number of thiophene rings is 1. The predicted molar refractivity (Wildman–Crippen MR) is 78.8 cm³/mol. The van der Waals surface area contributed by atoms with Crippen LogP contribution in [0, 0.1) is 17.8 Å². The molecule has 1 amide bonds. The van der Waals surface area contributed by atoms with Crippen molar-refractivity contribution in [3.8, 4) is 11.8 Å². The average molecular weight is 279 g/mol. The Balaban J connectivity index is 2.54. The summed E-state index contributed by atoms with van der Waals surface area (Å²) in [6.45, 7) is 4.69. The maximum absolute atomic E-state index is 12.0. The third-order valence-corrected chi connectivity index (χ3v) is 3.90. The van der Waals surface area contributed by atoms with Crippen LogP contribution in [0.2, 0.25) is 0 Å². The van der Waals surface area contributed by atoms with Crippen LogP contribution in [0.1, 0.15) is 37.1 Å². The summed E-state index contributed by atoms with van der Waals surface area (Å²) in [6.07, 6.45) is 1.63. The first kappa shape index (κ1) is 15.7. The highest BCUT2D eigenvalue weighted by atomic mass is 32.1. The van der Waals surface area contributed by atoms with Gasteiger partial charge in [-0.25, -0.2) is 0 Å². The van der Waals surface area contributed by atoms with E-state index in [1.165, 1.54) is 11.3 Å². The summed E-state index contributed by atoms with van der Waals surface area (Å²) in [7, 11) is 1.83. The Kier molecular flexibility index (Phi) is 6.61. The van der Waals surface area contributed by atoms with Crippen LogP contribution < -0.4 is 0 Å². The molecule has 0 bridgehead atoms. The lowest BCUT2D eigenvalue weighted by molar-refractivity contribution is -0.131. The molecule has 1 aromatic heterocycles. The summed E-state index contributed by atoms with van der Waals surface area (Å²) in [5.74, 6) is 6.11. The van der Waals surface area contributed by atoms with Crippen molar-refractivity contribution < 1.29 is 9.90 Å². The van der Waals surface area contributed by atoms with Crippen LogP contribution in [0.5, 0.6) is 0 Å². The molecule has 1 aromatic rings. The van der Waals surface area contributed by atoms with E-state index in [0.29, 0.717) is 18.9 Å². The van der Waals surface area contributed by atoms with Gasteiger partial charge in [-0.05, 0) is 22.9 Å². The molecule has 1 N–H and O–H groups in total. The molecule has 1 heterocycles. The third-order valence-electron chi connectivity index (χ3n) is 3.01. The van der Waals surface area contributed by atoms with E-state index in [-0.39, 0.29) is 12.5 Å². The van der Waals surface area contributed by atoms with Crippen molar-refractivity contribution in [3.63, 3.8) is 0 Å². The van der Waals surface area contributed by atoms with E-state index < -0.39 is 0 Å². The summed E-state index contributed by atoms with van der Waals surface area (Å²) in [4.78, 5) is 14.6. The largest absolute Gasteiger partial charge is 0.384 e. The molecule has 0 aliphatic rings. The van der Waals surface area contributed by atoms with Gasteiger partial charge < -0.3 is 10.0 Å². The lowest BCUT2D eigenvalue weighted by atomic mass is 10.0. The van der Waals surface area contributed by atoms with Crippen molar-refractivity contribution >= 4 is 17.2 Å². The molecule has 0 radical (unpaired) electrons. The van der Waals surface area contributed by atoms with Gasteiger partial charge in [0.2, 0.25) is 5.91 Å². The number of hydrogen-bond acceptors (Lipinski definition) is 3. The molecule has 19 heavy (non-hydrogen) atoms. The van der Waals surface area contributed by atoms with Crippen LogP contribution in [0.4, 0.5) is 0 Å². The smallest absolute Gasteiger partial charge is 0.222 e. The summed E-state index contributed by atoms with van der Waals surface area (Å²) < 4.78 is 0. The van der Waals surface area contributed by atoms with Crippen molar-refractivity contribution in [1.29, 1.82) is 0 Å². The van der Waals surface area contributed by atoms with Crippen LogP contribution in [0.3, 0.4) is 0 Å². The first-order valence-electron chi connectivity index (χ1n) is 6.47. The van der Waals surface area contributed by atoms with Gasteiger partial charge in [0, 0.05) is 20.0 Å². The predicted octanol–water partition coefficient (Wildman–Crippen LogP) is 2.49. The number of nitrogens with zero attached hydrogens (tertiary/aromatic N) is 1. The minimum absolute atomic E-state index is 0.124. The quantitative estimate of drug-likeness (QED) is 0.841. The Labute approximate surface area is 119 Å². The highest BCUT2D eigenvalue weighted by molar-refractivity contribution is 7.10. The number of amides is 1. The molecule has 0 aliphatic heterocycles. The standard InChI is InChI=1S/C15H21NO2S/c1-4-12(2)8-15(18)16(3)10-13-9-14(19-11-13)6-5-7-17/h9,11-12,17H,4,7-8,10H2,1-3H3. The Morgan fingerprint density at radius 1 is 1.58 bits per heavy atom. The van der Waals surface area contributed by atoms with Crippen LogP contribution in [-0.2, 0) is 11.3 Å². The molecule has 1 unspecified atom stereocenters. The number of carbonyl (C=O) groups excluding carboxylic acids is 1. The number of rotatable bonds is 5. The molecule has 0 fully saturated rings. The van der Waals surface area contributed by atoms with Gasteiger partial charge >= 0.3 is 0 Å². The Hall–Kier alpha value is -1.31. The normalized spacial score (nSPS) is 11.6. The third kappa shape index (κ3) is 5.46. The zero-order chi connectivity index (χ0) is 14.3. The molecule has 0 aromatic carbocycles. The van der Waals surface area contributed by atoms with Crippen LogP contribution in [0.25, 0.3) is 0 Å². The first-order chi connectivity index (χ1) is 9.06. The van der Waals surface area contributed by atoms with Crippen molar-refractivity contribution in [1.82, 2.24) is 4.90 Å². The van der Waals surface area contributed by atoms with E-state index >= 15 is 0 Å². The number of aliphatic hydroxyl groups excluding tert-OH is 1. The van der Waals surface area contributed by atoms with Gasteiger partial charge in [0.25, 0.3) is 0 Å². The van der Waals surface area contributed by atoms with E-state index in [1.54, 1.807) is 4.90 Å². The maximum atomic E-state index is 12.0. The fourth-order valence-corrected chi connectivity index (χ4v) is 2.38. The SMILES string of the molecule is CCC(C)CC(=O)N(C)Cc1csc(C#CCO)c1. The topological polar surface area (TPSA) is 40.5 Å². The molecule has 4 heteroatoms. The van der Waals surface area contributed by atoms with Crippen LogP contribution >= 0.6 is 11.3 Å². The molecular weight excluding hydrogens is 258 g/mol. The summed E-state index contributed by atoms with van der Waals surface area (Å²) in [6, 6.07) is 1.97. The summed E-state index contributed by atoms with van der Waals surface area (Å²) in [5, 5.41) is 10.6. The summed E-state index contributed by atoms with van der Waals surface area (Å²) >= 11 is 1.54. The van der Waals surface area contributed by atoms with Crippen LogP contribution in [0.15, 0.2) is 11.4 Å². The lowest BCUT2D eigenvalue weighted by Crippen LogP contribution is -2.27. The van der Waals surface area contributed by atoms with E-state index in [1.807, 2.05) is 18.5 Å². The maximum Gasteiger partial charge on any atom is 0.222 e. The monoisotopic (exact) mass is 279 g/mol. The highest BCUT2D eigenvalue weighted by Crippen LogP contribution is 2.16. The van der Waals surface area contributed by atoms with Gasteiger partial charge in [0.15, 0.2) is 0 Å². The van der Waals surface area contributed by atoms with Gasteiger partial charge in [0.1, 0.15) is 6.61 Å². The minimum Gasteiger partial charge on any atom is -0.384 e. The summed E-state index contributed by atoms with van der Waals surface area (Å²) in [5.41, 5.74) is 1.09. The molecule has 3 nitrogen and oxygen atoms in total. The zero-order valence-electron chi connectivity index (χ0n) is 11.8. The van der Waals surface area contributed by atoms with E-state index in [2.05, 4.69) is 25.7 Å². The molecule has 0 aliphatic carbocycles. The number of hydrogen-bond donors (Lipinski definition) is 1. The molecule has 0 saturated heterocycles. The molecule has 0 spiro atoms. The second-order valence-electron chi connectivity index (χ2n) is 4.75. The van der Waals surface area contributed by atoms with Crippen molar-refractivity contribution in [2.24, 2.45) is 5.92 Å². The van der Waals surface area contributed by atoms with E-state index in [0.717, 1.165) is 16.9 Å². The Bertz CT molecular complexity index is 470. The average Bonchev–Trinajstić information content (AvgIpc) is 2.83. The van der Waals surface area contributed by atoms with Crippen molar-refractivity contribution in [2.75, 3.05) is 13.7 Å². The molecular formula is C15H21NO2S. The molecule has 1 rings (SSSR count). The van der Waals surface area contributed by atoms with Crippen molar-refractivity contribution in [2.45, 2.75) is 33.2 Å². The number of carbonyl (C=O) groups is 1. The number of aliphatic hydroxyl groups is 1. The van der Waals surface area contributed by atoms with E-state index in [4.69, 9.17) is 5.11 Å². The van der Waals surface area contributed by atoms with E-state index in [9.17, 15) is 4.79 Å². The van der Waals surface area contributed by atoms with Crippen LogP contribution in [-0.4, -0.2) is 29.6 Å². The highest BCUT2D eigenvalue weighted by Gasteiger charge is 2.13. The van der Waals surface area contributed by atoms with Gasteiger partial charge in [-0.2, -0.15) is 0 Å². The molecule has 104 valence electrons. The van der Waals surface area contributed by atoms with Gasteiger partial charge in [0.05, 0.1) is 4.88 Å². The molecule has 1 atom stereocenters. The fourth-order valence-electron chi connectivity index (χ4n) is 1.61. The molecule has 0 saturated carbocycles. The van der Waals surface area contributed by atoms with Gasteiger partial charge in [-0.3, -0.25) is 4.79 Å². The second kappa shape index (κ2) is 7.98. The minimum atomic E-state index is -0.124. The first-order valence-corrected chi connectivity index (χ1v) is 7.35. The Morgan fingerprint density at radius 2 is 2.32 bits per heavy atom. The van der Waals surface area contributed by atoms with Crippen molar-refractivity contribution in [3.05, 3.63) is 21.9 Å². The second-order valence-corrected chi connectivity index (χ2v) is 5.66. The Morgan fingerprint density at radius 3 is 2.95 bits per heavy atom. The van der Waals surface area contributed by atoms with Gasteiger partial charge in [-0.15, -0.1) is 11.3 Å². The fraction of sp³-hybridized carbons (Fsp3) is 0.533. The lowest BCUT2D eigenvalue weighted by Gasteiger charge is -2.18. The van der Waals surface area contributed by atoms with Gasteiger partial charge in [-0.1, -0.05) is 32.1 Å². The zero-order valence-corrected chi connectivity index (χ0v) is 12.6.